The number of rotatable bonds is 3. The molecule has 0 amide bonds. The Hall–Kier alpha value is -3.84. The second kappa shape index (κ2) is 8.12. The molecule has 31 heavy (non-hydrogen) atoms. The van der Waals surface area contributed by atoms with E-state index < -0.39 is 5.56 Å². The zero-order chi connectivity index (χ0) is 22.1. The first-order valence-corrected chi connectivity index (χ1v) is 10.7. The summed E-state index contributed by atoms with van der Waals surface area (Å²) in [4.78, 5) is 18.2. The van der Waals surface area contributed by atoms with E-state index >= 15 is 0 Å². The molecular weight excluding hydrogens is 408 g/mol. The van der Waals surface area contributed by atoms with Crippen LogP contribution < -0.4 is 11.3 Å². The van der Waals surface area contributed by atoms with E-state index in [1.807, 2.05) is 74.6 Å². The molecule has 0 atom stereocenters. The fraction of sp³-hybridized carbons (Fsp3) is 0.0833. The molecule has 0 unspecified atom stereocenters. The standard InChI is InChI=1S/C22H16N4O2S.C2H6/c1-13(27)19-12-18-21(29-19)24-20(23)22(28)26(18)16-8-7-14-9-10-25(17(14)11-16)15-5-3-2-4-6-15;1-2/h2-12,27H,1H2,(H2,23,24);1-2H3. The maximum absolute atomic E-state index is 12.9. The molecular formula is C24H22N4O2S. The number of anilines is 1. The largest absolute Gasteiger partial charge is 0.507 e. The van der Waals surface area contributed by atoms with Gasteiger partial charge in [0.25, 0.3) is 5.56 Å². The average molecular weight is 431 g/mol. The van der Waals surface area contributed by atoms with E-state index in [1.165, 1.54) is 15.9 Å². The van der Waals surface area contributed by atoms with Gasteiger partial charge >= 0.3 is 0 Å². The molecule has 0 saturated carbocycles. The number of aliphatic hydroxyl groups excluding tert-OH is 1. The van der Waals surface area contributed by atoms with Crippen molar-refractivity contribution in [2.75, 3.05) is 5.73 Å². The predicted octanol–water partition coefficient (Wildman–Crippen LogP) is 5.53. The van der Waals surface area contributed by atoms with Gasteiger partial charge in [-0.1, -0.05) is 44.7 Å². The molecule has 0 aliphatic rings. The summed E-state index contributed by atoms with van der Waals surface area (Å²) in [6, 6.07) is 19.5. The molecule has 0 spiro atoms. The maximum atomic E-state index is 12.9. The van der Waals surface area contributed by atoms with Gasteiger partial charge in [0, 0.05) is 17.3 Å². The van der Waals surface area contributed by atoms with Crippen LogP contribution in [-0.2, 0) is 0 Å². The highest BCUT2D eigenvalue weighted by molar-refractivity contribution is 7.19. The van der Waals surface area contributed by atoms with Crippen molar-refractivity contribution in [1.82, 2.24) is 14.1 Å². The van der Waals surface area contributed by atoms with Crippen LogP contribution in [0.1, 0.15) is 18.7 Å². The number of thiophene rings is 1. The van der Waals surface area contributed by atoms with Crippen molar-refractivity contribution < 1.29 is 5.11 Å². The Morgan fingerprint density at radius 1 is 1.03 bits per heavy atom. The summed E-state index contributed by atoms with van der Waals surface area (Å²) in [5.41, 5.74) is 8.74. The Labute approximate surface area is 183 Å². The summed E-state index contributed by atoms with van der Waals surface area (Å²) >= 11 is 1.24. The Morgan fingerprint density at radius 3 is 2.48 bits per heavy atom. The maximum Gasteiger partial charge on any atom is 0.298 e. The molecule has 6 nitrogen and oxygen atoms in total. The lowest BCUT2D eigenvalue weighted by molar-refractivity contribution is 0.516. The molecule has 156 valence electrons. The molecule has 0 saturated heterocycles. The summed E-state index contributed by atoms with van der Waals surface area (Å²) in [7, 11) is 0. The number of nitrogen functional groups attached to an aromatic ring is 1. The van der Waals surface area contributed by atoms with Crippen molar-refractivity contribution in [1.29, 1.82) is 0 Å². The average Bonchev–Trinajstić information content (AvgIpc) is 3.40. The second-order valence-corrected chi connectivity index (χ2v) is 7.68. The zero-order valence-electron chi connectivity index (χ0n) is 17.2. The molecule has 0 bridgehead atoms. The van der Waals surface area contributed by atoms with Crippen molar-refractivity contribution in [2.45, 2.75) is 13.8 Å². The van der Waals surface area contributed by atoms with Gasteiger partial charge in [-0.05, 0) is 36.4 Å². The summed E-state index contributed by atoms with van der Waals surface area (Å²) in [5, 5.41) is 10.8. The minimum absolute atomic E-state index is 0.0704. The van der Waals surface area contributed by atoms with Gasteiger partial charge in [0.05, 0.1) is 21.6 Å². The SMILES string of the molecule is C=C(O)c1cc2c(nc(N)c(=O)n2-c2ccc3ccn(-c4ccccc4)c3c2)s1.CC. The van der Waals surface area contributed by atoms with Gasteiger partial charge < -0.3 is 15.4 Å². The molecule has 3 heterocycles. The number of para-hydroxylation sites is 1. The van der Waals surface area contributed by atoms with Crippen molar-refractivity contribution in [3.8, 4) is 11.4 Å². The molecule has 0 aliphatic heterocycles. The van der Waals surface area contributed by atoms with Crippen LogP contribution >= 0.6 is 11.3 Å². The minimum Gasteiger partial charge on any atom is -0.507 e. The van der Waals surface area contributed by atoms with E-state index in [0.29, 0.717) is 20.9 Å². The lowest BCUT2D eigenvalue weighted by Crippen LogP contribution is -2.22. The third kappa shape index (κ3) is 3.49. The highest BCUT2D eigenvalue weighted by Gasteiger charge is 2.16. The summed E-state index contributed by atoms with van der Waals surface area (Å²) in [6.45, 7) is 7.56. The fourth-order valence-electron chi connectivity index (χ4n) is 3.46. The predicted molar refractivity (Wildman–Crippen MR) is 129 cm³/mol. The third-order valence-electron chi connectivity index (χ3n) is 4.83. The van der Waals surface area contributed by atoms with Gasteiger partial charge in [-0.3, -0.25) is 9.36 Å². The first-order chi connectivity index (χ1) is 15.0. The van der Waals surface area contributed by atoms with Crippen molar-refractivity contribution in [2.24, 2.45) is 0 Å². The molecule has 7 heteroatoms. The number of aliphatic hydroxyl groups is 1. The lowest BCUT2D eigenvalue weighted by Gasteiger charge is -2.10. The monoisotopic (exact) mass is 430 g/mol. The molecule has 3 aromatic heterocycles. The third-order valence-corrected chi connectivity index (χ3v) is 5.90. The molecule has 5 rings (SSSR count). The Kier molecular flexibility index (Phi) is 5.35. The summed E-state index contributed by atoms with van der Waals surface area (Å²) in [6.07, 6.45) is 2.00. The van der Waals surface area contributed by atoms with Crippen LogP contribution in [0.25, 0.3) is 38.4 Å². The lowest BCUT2D eigenvalue weighted by atomic mass is 10.2. The van der Waals surface area contributed by atoms with Crippen LogP contribution in [0.15, 0.2) is 78.2 Å². The Balaban J connectivity index is 0.00000112. The number of nitrogens with zero attached hydrogens (tertiary/aromatic N) is 3. The van der Waals surface area contributed by atoms with Gasteiger partial charge in [0.15, 0.2) is 5.82 Å². The number of nitrogens with two attached hydrogens (primary N) is 1. The molecule has 2 aromatic carbocycles. The zero-order valence-corrected chi connectivity index (χ0v) is 18.1. The van der Waals surface area contributed by atoms with Crippen LogP contribution in [0.5, 0.6) is 0 Å². The molecule has 3 N–H and O–H groups in total. The minimum atomic E-state index is -0.400. The van der Waals surface area contributed by atoms with Gasteiger partial charge in [-0.15, -0.1) is 11.3 Å². The van der Waals surface area contributed by atoms with Crippen LogP contribution in [0.3, 0.4) is 0 Å². The van der Waals surface area contributed by atoms with Crippen LogP contribution in [-0.4, -0.2) is 19.2 Å². The summed E-state index contributed by atoms with van der Waals surface area (Å²) in [5.74, 6) is -0.160. The quantitative estimate of drug-likeness (QED) is 0.369. The van der Waals surface area contributed by atoms with Crippen molar-refractivity contribution >= 4 is 44.2 Å². The van der Waals surface area contributed by atoms with Gasteiger partial charge in [-0.2, -0.15) is 0 Å². The van der Waals surface area contributed by atoms with Crippen molar-refractivity contribution in [3.63, 3.8) is 0 Å². The van der Waals surface area contributed by atoms with E-state index in [-0.39, 0.29) is 11.6 Å². The van der Waals surface area contributed by atoms with Crippen LogP contribution in [0, 0.1) is 0 Å². The smallest absolute Gasteiger partial charge is 0.298 e. The van der Waals surface area contributed by atoms with Gasteiger partial charge in [-0.25, -0.2) is 4.98 Å². The van der Waals surface area contributed by atoms with Gasteiger partial charge in [0.1, 0.15) is 10.6 Å². The van der Waals surface area contributed by atoms with Crippen LogP contribution in [0.2, 0.25) is 0 Å². The fourth-order valence-corrected chi connectivity index (χ4v) is 4.36. The van der Waals surface area contributed by atoms with E-state index in [0.717, 1.165) is 16.6 Å². The number of fused-ring (bicyclic) bond motifs is 2. The Bertz CT molecular complexity index is 1460. The molecule has 0 radical (unpaired) electrons. The highest BCUT2D eigenvalue weighted by Crippen LogP contribution is 2.30. The van der Waals surface area contributed by atoms with Crippen LogP contribution in [0.4, 0.5) is 5.82 Å². The van der Waals surface area contributed by atoms with E-state index in [9.17, 15) is 9.90 Å². The molecule has 5 aromatic rings. The first-order valence-electron chi connectivity index (χ1n) is 9.90. The molecule has 0 fully saturated rings. The number of hydrogen-bond acceptors (Lipinski definition) is 5. The van der Waals surface area contributed by atoms with E-state index in [4.69, 9.17) is 5.73 Å². The summed E-state index contributed by atoms with van der Waals surface area (Å²) < 4.78 is 3.60. The van der Waals surface area contributed by atoms with E-state index in [2.05, 4.69) is 16.1 Å². The first kappa shape index (κ1) is 20.4. The van der Waals surface area contributed by atoms with E-state index in [1.54, 1.807) is 6.07 Å². The Morgan fingerprint density at radius 2 is 1.77 bits per heavy atom. The highest BCUT2D eigenvalue weighted by atomic mass is 32.1. The normalized spacial score (nSPS) is 10.8. The number of aromatic nitrogens is 3. The van der Waals surface area contributed by atoms with Crippen molar-refractivity contribution in [3.05, 3.63) is 88.7 Å². The molecule has 0 aliphatic carbocycles. The number of hydrogen-bond donors (Lipinski definition) is 2. The van der Waals surface area contributed by atoms with Gasteiger partial charge in [0.2, 0.25) is 0 Å². The number of benzene rings is 2. The topological polar surface area (TPSA) is 86.1 Å². The second-order valence-electron chi connectivity index (χ2n) is 6.65.